The van der Waals surface area contributed by atoms with Crippen LogP contribution >= 0.6 is 0 Å². The zero-order chi connectivity index (χ0) is 13.3. The van der Waals surface area contributed by atoms with Crippen LogP contribution in [-0.2, 0) is 14.3 Å². The lowest BCUT2D eigenvalue weighted by Gasteiger charge is -2.26. The molecule has 0 bridgehead atoms. The summed E-state index contributed by atoms with van der Waals surface area (Å²) in [4.78, 5) is 11.6. The van der Waals surface area contributed by atoms with Gasteiger partial charge in [0.1, 0.15) is 5.54 Å². The zero-order valence-electron chi connectivity index (χ0n) is 11.8. The van der Waals surface area contributed by atoms with Gasteiger partial charge in [0.2, 0.25) is 0 Å². The Bertz CT molecular complexity index is 221. The molecule has 2 atom stereocenters. The van der Waals surface area contributed by atoms with Gasteiger partial charge in [0.05, 0.1) is 13.2 Å². The number of carbonyl (C=O) groups excluding carboxylic acids is 1. The van der Waals surface area contributed by atoms with Crippen molar-refractivity contribution in [2.45, 2.75) is 58.1 Å². The summed E-state index contributed by atoms with van der Waals surface area (Å²) in [6, 6.07) is 0. The molecule has 0 radical (unpaired) electrons. The van der Waals surface area contributed by atoms with Crippen LogP contribution in [0.4, 0.5) is 0 Å². The minimum atomic E-state index is -0.605. The van der Waals surface area contributed by atoms with Crippen molar-refractivity contribution in [1.82, 2.24) is 5.32 Å². The van der Waals surface area contributed by atoms with Crippen LogP contribution in [0.5, 0.6) is 0 Å². The van der Waals surface area contributed by atoms with Gasteiger partial charge in [-0.3, -0.25) is 4.79 Å². The maximum atomic E-state index is 11.6. The van der Waals surface area contributed by atoms with Crippen molar-refractivity contribution in [3.63, 3.8) is 0 Å². The van der Waals surface area contributed by atoms with Gasteiger partial charge in [0.15, 0.2) is 0 Å². The molecule has 1 N–H and O–H groups in total. The number of hydrogen-bond donors (Lipinski definition) is 1. The third-order valence-electron chi connectivity index (χ3n) is 3.11. The van der Waals surface area contributed by atoms with Gasteiger partial charge in [-0.15, -0.1) is 0 Å². The van der Waals surface area contributed by atoms with Gasteiger partial charge < -0.3 is 14.8 Å². The average molecular weight is 245 g/mol. The molecule has 0 aromatic rings. The van der Waals surface area contributed by atoms with E-state index >= 15 is 0 Å². The number of esters is 1. The highest BCUT2D eigenvalue weighted by Crippen LogP contribution is 2.14. The molecule has 0 fully saturated rings. The van der Waals surface area contributed by atoms with Crippen molar-refractivity contribution < 1.29 is 14.3 Å². The Kier molecular flexibility index (Phi) is 8.17. The molecule has 4 heteroatoms. The van der Waals surface area contributed by atoms with Gasteiger partial charge in [-0.05, 0) is 40.2 Å². The molecule has 102 valence electrons. The number of methoxy groups -OCH3 is 1. The van der Waals surface area contributed by atoms with E-state index in [4.69, 9.17) is 9.47 Å². The minimum absolute atomic E-state index is 0.221. The fourth-order valence-corrected chi connectivity index (χ4v) is 1.75. The topological polar surface area (TPSA) is 47.6 Å². The minimum Gasteiger partial charge on any atom is -0.468 e. The van der Waals surface area contributed by atoms with E-state index in [-0.39, 0.29) is 5.97 Å². The van der Waals surface area contributed by atoms with Crippen molar-refractivity contribution in [3.8, 4) is 0 Å². The molecule has 0 aliphatic carbocycles. The molecule has 0 aliphatic heterocycles. The van der Waals surface area contributed by atoms with Gasteiger partial charge in [0, 0.05) is 6.61 Å². The Morgan fingerprint density at radius 1 is 1.47 bits per heavy atom. The van der Waals surface area contributed by atoms with Crippen LogP contribution in [0, 0.1) is 0 Å². The third-order valence-corrected chi connectivity index (χ3v) is 3.11. The lowest BCUT2D eigenvalue weighted by Crippen LogP contribution is -2.48. The van der Waals surface area contributed by atoms with Crippen LogP contribution < -0.4 is 5.32 Å². The van der Waals surface area contributed by atoms with E-state index in [1.165, 1.54) is 7.11 Å². The van der Waals surface area contributed by atoms with Crippen LogP contribution in [0.25, 0.3) is 0 Å². The maximum Gasteiger partial charge on any atom is 0.325 e. The summed E-state index contributed by atoms with van der Waals surface area (Å²) in [5.41, 5.74) is -0.605. The van der Waals surface area contributed by atoms with Crippen molar-refractivity contribution >= 4 is 5.97 Å². The normalized spacial score (nSPS) is 16.3. The number of likely N-dealkylation sites (N-methyl/N-ethyl adjacent to an activating group) is 1. The van der Waals surface area contributed by atoms with Gasteiger partial charge in [-0.2, -0.15) is 0 Å². The standard InChI is InChI=1S/C13H27NO3/c1-6-8-11(2)17-10-7-9-13(3,14-4)12(15)16-5/h11,14H,6-10H2,1-5H3. The smallest absolute Gasteiger partial charge is 0.325 e. The number of hydrogen-bond acceptors (Lipinski definition) is 4. The van der Waals surface area contributed by atoms with Crippen molar-refractivity contribution in [2.24, 2.45) is 0 Å². The van der Waals surface area contributed by atoms with Crippen LogP contribution in [0.15, 0.2) is 0 Å². The van der Waals surface area contributed by atoms with E-state index in [9.17, 15) is 4.79 Å². The molecule has 4 nitrogen and oxygen atoms in total. The highest BCUT2D eigenvalue weighted by atomic mass is 16.5. The predicted octanol–water partition coefficient (Wildman–Crippen LogP) is 2.12. The van der Waals surface area contributed by atoms with Crippen LogP contribution in [0.3, 0.4) is 0 Å². The Balaban J connectivity index is 3.88. The van der Waals surface area contributed by atoms with E-state index in [1.54, 1.807) is 7.05 Å². The van der Waals surface area contributed by atoms with E-state index in [0.717, 1.165) is 25.7 Å². The van der Waals surface area contributed by atoms with Crippen LogP contribution in [-0.4, -0.2) is 38.4 Å². The lowest BCUT2D eigenvalue weighted by atomic mass is 9.96. The summed E-state index contributed by atoms with van der Waals surface area (Å²) >= 11 is 0. The molecule has 0 heterocycles. The monoisotopic (exact) mass is 245 g/mol. The van der Waals surface area contributed by atoms with Gasteiger partial charge in [-0.1, -0.05) is 13.3 Å². The first kappa shape index (κ1) is 16.4. The first-order valence-electron chi connectivity index (χ1n) is 6.39. The number of nitrogens with one attached hydrogen (secondary N) is 1. The molecule has 0 saturated carbocycles. The molecular weight excluding hydrogens is 218 g/mol. The Morgan fingerprint density at radius 3 is 2.59 bits per heavy atom. The molecule has 17 heavy (non-hydrogen) atoms. The largest absolute Gasteiger partial charge is 0.468 e. The second kappa shape index (κ2) is 8.48. The molecule has 0 aromatic carbocycles. The van der Waals surface area contributed by atoms with E-state index in [0.29, 0.717) is 12.7 Å². The Labute approximate surface area is 105 Å². The van der Waals surface area contributed by atoms with Crippen molar-refractivity contribution in [3.05, 3.63) is 0 Å². The van der Waals surface area contributed by atoms with Crippen LogP contribution in [0.2, 0.25) is 0 Å². The summed E-state index contributed by atoms with van der Waals surface area (Å²) in [7, 11) is 3.19. The predicted molar refractivity (Wildman–Crippen MR) is 69.0 cm³/mol. The number of rotatable bonds is 9. The highest BCUT2D eigenvalue weighted by molar-refractivity contribution is 5.80. The molecule has 2 unspecified atom stereocenters. The van der Waals surface area contributed by atoms with E-state index in [1.807, 2.05) is 6.92 Å². The highest BCUT2D eigenvalue weighted by Gasteiger charge is 2.31. The van der Waals surface area contributed by atoms with Crippen molar-refractivity contribution in [1.29, 1.82) is 0 Å². The Morgan fingerprint density at radius 2 is 2.12 bits per heavy atom. The molecule has 0 aromatic heterocycles. The summed E-state index contributed by atoms with van der Waals surface area (Å²) < 4.78 is 10.4. The fraction of sp³-hybridized carbons (Fsp3) is 0.923. The molecule has 0 rings (SSSR count). The maximum absolute atomic E-state index is 11.6. The zero-order valence-corrected chi connectivity index (χ0v) is 11.8. The Hall–Kier alpha value is -0.610. The third kappa shape index (κ3) is 6.03. The van der Waals surface area contributed by atoms with E-state index in [2.05, 4.69) is 19.2 Å². The molecule has 0 spiro atoms. The van der Waals surface area contributed by atoms with Crippen LogP contribution in [0.1, 0.15) is 46.5 Å². The number of carbonyl (C=O) groups is 1. The first-order valence-corrected chi connectivity index (χ1v) is 6.39. The van der Waals surface area contributed by atoms with Gasteiger partial charge >= 0.3 is 5.97 Å². The van der Waals surface area contributed by atoms with Gasteiger partial charge in [-0.25, -0.2) is 0 Å². The summed E-state index contributed by atoms with van der Waals surface area (Å²) in [5, 5.41) is 3.01. The lowest BCUT2D eigenvalue weighted by molar-refractivity contribution is -0.148. The number of ether oxygens (including phenoxy) is 2. The van der Waals surface area contributed by atoms with Gasteiger partial charge in [0.25, 0.3) is 0 Å². The SMILES string of the molecule is CCCC(C)OCCCC(C)(NC)C(=O)OC. The van der Waals surface area contributed by atoms with Crippen molar-refractivity contribution in [2.75, 3.05) is 20.8 Å². The summed E-state index contributed by atoms with van der Waals surface area (Å²) in [5.74, 6) is -0.221. The molecule has 0 saturated heterocycles. The fourth-order valence-electron chi connectivity index (χ4n) is 1.75. The quantitative estimate of drug-likeness (QED) is 0.499. The average Bonchev–Trinajstić information content (AvgIpc) is 2.33. The molecule has 0 aliphatic rings. The molecular formula is C13H27NO3. The molecule has 0 amide bonds. The van der Waals surface area contributed by atoms with E-state index < -0.39 is 5.54 Å². The second-order valence-corrected chi connectivity index (χ2v) is 4.65. The second-order valence-electron chi connectivity index (χ2n) is 4.65. The first-order chi connectivity index (χ1) is 8.00. The summed E-state index contributed by atoms with van der Waals surface area (Å²) in [6.07, 6.45) is 4.09. The summed E-state index contributed by atoms with van der Waals surface area (Å²) in [6.45, 7) is 6.78.